The second-order valence-electron chi connectivity index (χ2n) is 5.46. The van der Waals surface area contributed by atoms with E-state index in [1.54, 1.807) is 34.9 Å². The van der Waals surface area contributed by atoms with Crippen molar-refractivity contribution in [3.05, 3.63) is 60.4 Å². The first-order valence-electron chi connectivity index (χ1n) is 7.47. The number of hydrogen-bond donors (Lipinski definition) is 1. The lowest BCUT2D eigenvalue weighted by Crippen LogP contribution is -2.16. The number of rotatable bonds is 6. The van der Waals surface area contributed by atoms with Crippen molar-refractivity contribution in [3.63, 3.8) is 0 Å². The molecule has 0 unspecified atom stereocenters. The van der Waals surface area contributed by atoms with Gasteiger partial charge in [-0.25, -0.2) is 13.4 Å². The summed E-state index contributed by atoms with van der Waals surface area (Å²) >= 11 is 0. The van der Waals surface area contributed by atoms with E-state index in [1.807, 2.05) is 24.3 Å². The number of primary amides is 1. The fourth-order valence-corrected chi connectivity index (χ4v) is 3.89. The van der Waals surface area contributed by atoms with Gasteiger partial charge in [0, 0.05) is 13.0 Å². The molecule has 0 fully saturated rings. The van der Waals surface area contributed by atoms with Crippen LogP contribution in [0.25, 0.3) is 11.0 Å². The molecule has 0 saturated heterocycles. The number of aromatic nitrogens is 2. The van der Waals surface area contributed by atoms with Crippen molar-refractivity contribution in [2.75, 3.05) is 0 Å². The van der Waals surface area contributed by atoms with Crippen molar-refractivity contribution >= 4 is 26.8 Å². The van der Waals surface area contributed by atoms with Gasteiger partial charge in [0.15, 0.2) is 9.84 Å². The molecule has 24 heavy (non-hydrogen) atoms. The van der Waals surface area contributed by atoms with Crippen LogP contribution in [0.1, 0.15) is 12.2 Å². The lowest BCUT2D eigenvalue weighted by molar-refractivity contribution is -0.118. The number of imidazole rings is 1. The number of benzene rings is 2. The van der Waals surface area contributed by atoms with Gasteiger partial charge in [-0.15, -0.1) is 0 Å². The first kappa shape index (κ1) is 16.2. The van der Waals surface area contributed by atoms with Gasteiger partial charge in [-0.05, 0) is 24.3 Å². The van der Waals surface area contributed by atoms with Crippen molar-refractivity contribution < 1.29 is 13.2 Å². The van der Waals surface area contributed by atoms with E-state index >= 15 is 0 Å². The average molecular weight is 343 g/mol. The van der Waals surface area contributed by atoms with Gasteiger partial charge in [-0.1, -0.05) is 30.3 Å². The van der Waals surface area contributed by atoms with Crippen LogP contribution in [0, 0.1) is 0 Å². The van der Waals surface area contributed by atoms with Gasteiger partial charge >= 0.3 is 0 Å². The molecule has 124 valence electrons. The third-order valence-electron chi connectivity index (χ3n) is 3.74. The summed E-state index contributed by atoms with van der Waals surface area (Å²) in [6.07, 6.45) is 0.124. The summed E-state index contributed by atoms with van der Waals surface area (Å²) in [5.41, 5.74) is 6.71. The summed E-state index contributed by atoms with van der Waals surface area (Å²) in [4.78, 5) is 15.8. The Morgan fingerprint density at radius 3 is 2.42 bits per heavy atom. The molecule has 0 aliphatic heterocycles. The summed E-state index contributed by atoms with van der Waals surface area (Å²) in [5, 5.41) is 0. The van der Waals surface area contributed by atoms with Crippen LogP contribution in [0.2, 0.25) is 0 Å². The van der Waals surface area contributed by atoms with Crippen LogP contribution in [0.15, 0.2) is 59.5 Å². The Labute approximate surface area is 139 Å². The SMILES string of the molecule is NC(=O)CCn1c(CS(=O)(=O)c2ccccc2)nc2ccccc21. The van der Waals surface area contributed by atoms with Crippen molar-refractivity contribution in [1.29, 1.82) is 0 Å². The van der Waals surface area contributed by atoms with Crippen LogP contribution in [0.5, 0.6) is 0 Å². The van der Waals surface area contributed by atoms with Crippen molar-refractivity contribution in [1.82, 2.24) is 9.55 Å². The zero-order valence-corrected chi connectivity index (χ0v) is 13.7. The Hall–Kier alpha value is -2.67. The van der Waals surface area contributed by atoms with Gasteiger partial charge in [0.25, 0.3) is 0 Å². The fourth-order valence-electron chi connectivity index (χ4n) is 2.59. The van der Waals surface area contributed by atoms with Crippen LogP contribution in [0.3, 0.4) is 0 Å². The molecule has 7 heteroatoms. The molecular formula is C17H17N3O3S. The van der Waals surface area contributed by atoms with E-state index < -0.39 is 15.7 Å². The molecule has 6 nitrogen and oxygen atoms in total. The van der Waals surface area contributed by atoms with E-state index in [0.29, 0.717) is 17.9 Å². The maximum Gasteiger partial charge on any atom is 0.219 e. The Kier molecular flexibility index (Phi) is 4.35. The Morgan fingerprint density at radius 1 is 1.04 bits per heavy atom. The first-order valence-corrected chi connectivity index (χ1v) is 9.13. The van der Waals surface area contributed by atoms with Crippen molar-refractivity contribution in [2.24, 2.45) is 5.73 Å². The lowest BCUT2D eigenvalue weighted by atomic mass is 10.3. The van der Waals surface area contributed by atoms with E-state index in [2.05, 4.69) is 4.98 Å². The molecule has 0 aliphatic carbocycles. The van der Waals surface area contributed by atoms with Crippen LogP contribution in [0.4, 0.5) is 0 Å². The molecule has 2 aromatic carbocycles. The molecule has 3 aromatic rings. The highest BCUT2D eigenvalue weighted by Gasteiger charge is 2.20. The highest BCUT2D eigenvalue weighted by atomic mass is 32.2. The van der Waals surface area contributed by atoms with Gasteiger partial charge < -0.3 is 10.3 Å². The van der Waals surface area contributed by atoms with Crippen LogP contribution < -0.4 is 5.73 Å². The quantitative estimate of drug-likeness (QED) is 0.739. The lowest BCUT2D eigenvalue weighted by Gasteiger charge is -2.09. The summed E-state index contributed by atoms with van der Waals surface area (Å²) in [6.45, 7) is 0.301. The number of nitrogens with two attached hydrogens (primary N) is 1. The second-order valence-corrected chi connectivity index (χ2v) is 7.45. The maximum atomic E-state index is 12.6. The standard InChI is InChI=1S/C17H17N3O3S/c18-16(21)10-11-20-15-9-5-4-8-14(15)19-17(20)12-24(22,23)13-6-2-1-3-7-13/h1-9H,10-12H2,(H2,18,21). The highest BCUT2D eigenvalue weighted by molar-refractivity contribution is 7.90. The maximum absolute atomic E-state index is 12.6. The minimum atomic E-state index is -3.52. The second kappa shape index (κ2) is 6.45. The average Bonchev–Trinajstić information content (AvgIpc) is 2.90. The monoisotopic (exact) mass is 343 g/mol. The van der Waals surface area contributed by atoms with Crippen LogP contribution in [-0.4, -0.2) is 23.9 Å². The topological polar surface area (TPSA) is 95.0 Å². The van der Waals surface area contributed by atoms with E-state index in [9.17, 15) is 13.2 Å². The largest absolute Gasteiger partial charge is 0.370 e. The zero-order valence-electron chi connectivity index (χ0n) is 12.9. The number of aryl methyl sites for hydroxylation is 1. The Balaban J connectivity index is 2.02. The predicted octanol–water partition coefficient (Wildman–Crippen LogP) is 1.89. The third kappa shape index (κ3) is 3.30. The van der Waals surface area contributed by atoms with Crippen LogP contribution in [-0.2, 0) is 26.9 Å². The number of amides is 1. The smallest absolute Gasteiger partial charge is 0.219 e. The predicted molar refractivity (Wildman–Crippen MR) is 90.9 cm³/mol. The fraction of sp³-hybridized carbons (Fsp3) is 0.176. The number of carbonyl (C=O) groups is 1. The number of fused-ring (bicyclic) bond motifs is 1. The number of hydrogen-bond acceptors (Lipinski definition) is 4. The normalized spacial score (nSPS) is 11.7. The molecule has 0 bridgehead atoms. The van der Waals surface area contributed by atoms with E-state index in [-0.39, 0.29) is 17.1 Å². The highest BCUT2D eigenvalue weighted by Crippen LogP contribution is 2.21. The van der Waals surface area contributed by atoms with Gasteiger partial charge in [0.05, 0.1) is 15.9 Å². The van der Waals surface area contributed by atoms with Gasteiger partial charge in [0.2, 0.25) is 5.91 Å². The third-order valence-corrected chi connectivity index (χ3v) is 5.37. The molecule has 0 aliphatic rings. The summed E-state index contributed by atoms with van der Waals surface area (Å²) < 4.78 is 27.0. The summed E-state index contributed by atoms with van der Waals surface area (Å²) in [5.74, 6) is -0.268. The van der Waals surface area contributed by atoms with E-state index in [1.165, 1.54) is 0 Å². The molecule has 0 atom stereocenters. The van der Waals surface area contributed by atoms with Crippen molar-refractivity contribution in [3.8, 4) is 0 Å². The van der Waals surface area contributed by atoms with Crippen LogP contribution >= 0.6 is 0 Å². The number of nitrogens with zero attached hydrogens (tertiary/aromatic N) is 2. The first-order chi connectivity index (χ1) is 11.5. The van der Waals surface area contributed by atoms with E-state index in [4.69, 9.17) is 5.73 Å². The molecule has 0 spiro atoms. The molecule has 3 rings (SSSR count). The van der Waals surface area contributed by atoms with Crippen molar-refractivity contribution in [2.45, 2.75) is 23.6 Å². The van der Waals surface area contributed by atoms with E-state index in [0.717, 1.165) is 5.52 Å². The van der Waals surface area contributed by atoms with Gasteiger partial charge in [0.1, 0.15) is 11.6 Å². The molecule has 2 N–H and O–H groups in total. The van der Waals surface area contributed by atoms with Gasteiger partial charge in [-0.3, -0.25) is 4.79 Å². The number of sulfone groups is 1. The molecular weight excluding hydrogens is 326 g/mol. The zero-order chi connectivity index (χ0) is 17.2. The molecule has 0 saturated carbocycles. The Morgan fingerprint density at radius 2 is 1.71 bits per heavy atom. The number of carbonyl (C=O) groups excluding carboxylic acids is 1. The molecule has 1 amide bonds. The summed E-state index contributed by atoms with van der Waals surface area (Å²) in [6, 6.07) is 15.6. The molecule has 1 heterocycles. The Bertz CT molecular complexity index is 979. The van der Waals surface area contributed by atoms with Gasteiger partial charge in [-0.2, -0.15) is 0 Å². The molecule has 1 aromatic heterocycles. The molecule has 0 radical (unpaired) electrons. The summed E-state index contributed by atoms with van der Waals surface area (Å²) in [7, 11) is -3.52. The minimum Gasteiger partial charge on any atom is -0.370 e. The minimum absolute atomic E-state index is 0.124. The number of para-hydroxylation sites is 2.